The molecule has 0 bridgehead atoms. The number of hydrogen-bond donors (Lipinski definition) is 3. The van der Waals surface area contributed by atoms with Crippen LogP contribution in [0.25, 0.3) is 0 Å². The van der Waals surface area contributed by atoms with Gasteiger partial charge in [0.2, 0.25) is 0 Å². The molecular formula is C8H15BrN2O2. The summed E-state index contributed by atoms with van der Waals surface area (Å²) >= 11 is 0. The first-order valence-corrected chi connectivity index (χ1v) is 4.17. The maximum absolute atomic E-state index is 10.5. The minimum Gasteiger partial charge on any atom is -1.00 e. The van der Waals surface area contributed by atoms with Gasteiger partial charge >= 0.3 is 5.97 Å². The van der Waals surface area contributed by atoms with Gasteiger partial charge in [-0.1, -0.05) is 0 Å². The minimum atomic E-state index is -0.730. The molecule has 1 aliphatic heterocycles. The van der Waals surface area contributed by atoms with Gasteiger partial charge in [-0.3, -0.25) is 4.90 Å². The minimum absolute atomic E-state index is 0. The molecule has 1 aliphatic rings. The van der Waals surface area contributed by atoms with E-state index in [0.717, 1.165) is 30.2 Å². The zero-order valence-corrected chi connectivity index (χ0v) is 9.23. The summed E-state index contributed by atoms with van der Waals surface area (Å²) in [6.07, 6.45) is 1.99. The average Bonchev–Trinajstić information content (AvgIpc) is 2.04. The van der Waals surface area contributed by atoms with Crippen molar-refractivity contribution in [3.8, 4) is 0 Å². The van der Waals surface area contributed by atoms with E-state index < -0.39 is 5.97 Å². The number of carboxylic acids is 1. The highest BCUT2D eigenvalue weighted by Crippen LogP contribution is 1.83. The van der Waals surface area contributed by atoms with Crippen molar-refractivity contribution in [2.24, 2.45) is 0 Å². The van der Waals surface area contributed by atoms with Crippen LogP contribution >= 0.6 is 0 Å². The predicted octanol–water partition coefficient (Wildman–Crippen LogP) is -4.53. The van der Waals surface area contributed by atoms with Crippen LogP contribution in [0.4, 0.5) is 0 Å². The molecule has 5 heteroatoms. The lowest BCUT2D eigenvalue weighted by Crippen LogP contribution is -3.13. The highest BCUT2D eigenvalue weighted by molar-refractivity contribution is 5.67. The van der Waals surface area contributed by atoms with Gasteiger partial charge in [-0.05, 0) is 13.0 Å². The van der Waals surface area contributed by atoms with Crippen molar-refractivity contribution in [2.75, 3.05) is 26.2 Å². The van der Waals surface area contributed by atoms with Crippen LogP contribution in [0.15, 0.2) is 11.8 Å². The van der Waals surface area contributed by atoms with Gasteiger partial charge in [0.05, 0.1) is 13.1 Å². The number of aliphatic carboxylic acids is 1. The van der Waals surface area contributed by atoms with E-state index in [1.165, 1.54) is 0 Å². The van der Waals surface area contributed by atoms with Gasteiger partial charge in [0.25, 0.3) is 0 Å². The second-order valence-corrected chi connectivity index (χ2v) is 2.91. The van der Waals surface area contributed by atoms with Crippen molar-refractivity contribution >= 4 is 5.97 Å². The Morgan fingerprint density at radius 1 is 1.77 bits per heavy atom. The Hall–Kier alpha value is -0.390. The molecule has 0 aromatic carbocycles. The van der Waals surface area contributed by atoms with E-state index in [1.807, 2.05) is 13.0 Å². The Balaban J connectivity index is 0.00000144. The van der Waals surface area contributed by atoms with E-state index in [1.54, 1.807) is 0 Å². The van der Waals surface area contributed by atoms with Gasteiger partial charge in [0, 0.05) is 6.54 Å². The quantitative estimate of drug-likeness (QED) is 0.463. The van der Waals surface area contributed by atoms with Gasteiger partial charge in [0.1, 0.15) is 5.70 Å². The number of halogens is 1. The molecule has 1 rings (SSSR count). The summed E-state index contributed by atoms with van der Waals surface area (Å²) in [5, 5.41) is 11.8. The Morgan fingerprint density at radius 3 is 3.00 bits per heavy atom. The number of nitrogens with one attached hydrogen (secondary N) is 2. The molecule has 0 aromatic heterocycles. The van der Waals surface area contributed by atoms with Crippen LogP contribution in [-0.2, 0) is 4.79 Å². The fourth-order valence-electron chi connectivity index (χ4n) is 1.44. The second kappa shape index (κ2) is 6.12. The molecule has 76 valence electrons. The summed E-state index contributed by atoms with van der Waals surface area (Å²) < 4.78 is 0. The molecular weight excluding hydrogens is 236 g/mol. The Labute approximate surface area is 88.4 Å². The normalized spacial score (nSPS) is 25.3. The third-order valence-electron chi connectivity index (χ3n) is 2.09. The lowest BCUT2D eigenvalue weighted by Gasteiger charge is -2.24. The number of hydrogen-bond acceptors (Lipinski definition) is 2. The van der Waals surface area contributed by atoms with Crippen LogP contribution in [0.2, 0.25) is 0 Å². The summed E-state index contributed by atoms with van der Waals surface area (Å²) in [6.45, 7) is 4.73. The van der Waals surface area contributed by atoms with Gasteiger partial charge in [-0.15, -0.1) is 0 Å². The average molecular weight is 251 g/mol. The first-order valence-electron chi connectivity index (χ1n) is 4.17. The molecule has 0 spiro atoms. The lowest BCUT2D eigenvalue weighted by atomic mass is 10.2. The Kier molecular flexibility index (Phi) is 5.94. The van der Waals surface area contributed by atoms with Crippen molar-refractivity contribution in [2.45, 2.75) is 6.92 Å². The number of piperazine rings is 1. The number of carboxylic acid groups (broad SMARTS) is 1. The first-order chi connectivity index (χ1) is 5.74. The number of carbonyl (C=O) groups is 1. The van der Waals surface area contributed by atoms with Crippen LogP contribution in [0.1, 0.15) is 6.92 Å². The number of rotatable bonds is 2. The van der Waals surface area contributed by atoms with Crippen LogP contribution < -0.4 is 27.2 Å². The highest BCUT2D eigenvalue weighted by atomic mass is 79.9. The fourth-order valence-corrected chi connectivity index (χ4v) is 1.44. The molecule has 13 heavy (non-hydrogen) atoms. The smallest absolute Gasteiger partial charge is 0.359 e. The summed E-state index contributed by atoms with van der Waals surface area (Å²) in [7, 11) is 0. The van der Waals surface area contributed by atoms with Crippen molar-refractivity contribution < 1.29 is 31.8 Å². The van der Waals surface area contributed by atoms with Gasteiger partial charge in [0.15, 0.2) is 6.54 Å². The standard InChI is InChI=1S/C8H14N2O2.BrH/c1-2-7-5-9-3-4-10(7)6-8(11)12;/h2,9H,3-6H2,1H3,(H,11,12);1H. The van der Waals surface area contributed by atoms with E-state index in [-0.39, 0.29) is 23.5 Å². The van der Waals surface area contributed by atoms with E-state index in [9.17, 15) is 4.79 Å². The molecule has 0 amide bonds. The first kappa shape index (κ1) is 12.6. The predicted molar refractivity (Wildman–Crippen MR) is 45.0 cm³/mol. The maximum Gasteiger partial charge on any atom is 0.359 e. The summed E-state index contributed by atoms with van der Waals surface area (Å²) in [5.41, 5.74) is 1.16. The van der Waals surface area contributed by atoms with Crippen molar-refractivity contribution in [1.29, 1.82) is 0 Å². The molecule has 0 aromatic rings. The zero-order valence-electron chi connectivity index (χ0n) is 7.64. The van der Waals surface area contributed by atoms with Crippen molar-refractivity contribution in [1.82, 2.24) is 5.32 Å². The molecule has 1 saturated heterocycles. The molecule has 3 N–H and O–H groups in total. The molecule has 0 aliphatic carbocycles. The SMILES string of the molecule is CC=C1CNCC[NH+]1CC(=O)O.[Br-]. The summed E-state index contributed by atoms with van der Waals surface area (Å²) in [4.78, 5) is 11.5. The second-order valence-electron chi connectivity index (χ2n) is 2.91. The molecule has 1 fully saturated rings. The van der Waals surface area contributed by atoms with Crippen LogP contribution in [-0.4, -0.2) is 37.3 Å². The topological polar surface area (TPSA) is 53.8 Å². The maximum atomic E-state index is 10.5. The van der Waals surface area contributed by atoms with E-state index in [4.69, 9.17) is 5.11 Å². The third kappa shape index (κ3) is 3.89. The molecule has 1 unspecified atom stereocenters. The molecule has 0 radical (unpaired) electrons. The lowest BCUT2D eigenvalue weighted by molar-refractivity contribution is -0.856. The van der Waals surface area contributed by atoms with Gasteiger partial charge in [-0.2, -0.15) is 0 Å². The molecule has 1 heterocycles. The molecule has 4 nitrogen and oxygen atoms in total. The fraction of sp³-hybridized carbons (Fsp3) is 0.625. The molecule has 1 atom stereocenters. The van der Waals surface area contributed by atoms with E-state index in [2.05, 4.69) is 5.32 Å². The Bertz CT molecular complexity index is 206. The number of allylic oxidation sites excluding steroid dienone is 1. The summed E-state index contributed by atoms with van der Waals surface area (Å²) in [5.74, 6) is -0.730. The third-order valence-corrected chi connectivity index (χ3v) is 2.09. The number of quaternary nitrogens is 1. The molecule has 0 saturated carbocycles. The van der Waals surface area contributed by atoms with Crippen molar-refractivity contribution in [3.63, 3.8) is 0 Å². The van der Waals surface area contributed by atoms with E-state index in [0.29, 0.717) is 0 Å². The van der Waals surface area contributed by atoms with Crippen LogP contribution in [0.3, 0.4) is 0 Å². The van der Waals surface area contributed by atoms with Crippen molar-refractivity contribution in [3.05, 3.63) is 11.8 Å². The monoisotopic (exact) mass is 250 g/mol. The largest absolute Gasteiger partial charge is 1.00 e. The highest BCUT2D eigenvalue weighted by Gasteiger charge is 2.21. The van der Waals surface area contributed by atoms with Gasteiger partial charge in [-0.25, -0.2) is 4.79 Å². The van der Waals surface area contributed by atoms with Crippen LogP contribution in [0.5, 0.6) is 0 Å². The van der Waals surface area contributed by atoms with Gasteiger partial charge < -0.3 is 27.4 Å². The van der Waals surface area contributed by atoms with E-state index >= 15 is 0 Å². The Morgan fingerprint density at radius 2 is 2.46 bits per heavy atom. The zero-order chi connectivity index (χ0) is 8.97. The van der Waals surface area contributed by atoms with Crippen LogP contribution in [0, 0.1) is 0 Å². The summed E-state index contributed by atoms with van der Waals surface area (Å²) in [6, 6.07) is 0.